The highest BCUT2D eigenvalue weighted by atomic mass is 15.0. The molecule has 0 radical (unpaired) electrons. The van der Waals surface area contributed by atoms with Gasteiger partial charge in [-0.1, -0.05) is 6.07 Å². The second-order valence-electron chi connectivity index (χ2n) is 4.14. The Labute approximate surface area is 103 Å². The molecule has 0 amide bonds. The van der Waals surface area contributed by atoms with E-state index >= 15 is 0 Å². The Balaban J connectivity index is 1.95. The van der Waals surface area contributed by atoms with Crippen LogP contribution in [0.5, 0.6) is 0 Å². The van der Waals surface area contributed by atoms with Crippen LogP contribution in [0.1, 0.15) is 31.3 Å². The third-order valence-electron chi connectivity index (χ3n) is 2.99. The van der Waals surface area contributed by atoms with E-state index in [0.29, 0.717) is 0 Å². The number of hydrogen-bond acceptors (Lipinski definition) is 2. The molecule has 0 fully saturated rings. The van der Waals surface area contributed by atoms with E-state index in [-0.39, 0.29) is 6.04 Å². The van der Waals surface area contributed by atoms with E-state index in [2.05, 4.69) is 53.1 Å². The van der Waals surface area contributed by atoms with E-state index in [4.69, 9.17) is 0 Å². The minimum Gasteiger partial charge on any atom is -0.351 e. The first-order chi connectivity index (χ1) is 8.31. The van der Waals surface area contributed by atoms with Gasteiger partial charge in [0.05, 0.1) is 5.69 Å². The highest BCUT2D eigenvalue weighted by Gasteiger charge is 2.06. The second kappa shape index (κ2) is 5.64. The van der Waals surface area contributed by atoms with Gasteiger partial charge in [0, 0.05) is 37.2 Å². The highest BCUT2D eigenvalue weighted by Crippen LogP contribution is 2.10. The number of aromatic nitrogens is 2. The fourth-order valence-corrected chi connectivity index (χ4v) is 1.91. The summed E-state index contributed by atoms with van der Waals surface area (Å²) in [4.78, 5) is 4.35. The Morgan fingerprint density at radius 1 is 1.29 bits per heavy atom. The predicted octanol–water partition coefficient (Wildman–Crippen LogP) is 2.75. The molecule has 0 aromatic carbocycles. The summed E-state index contributed by atoms with van der Waals surface area (Å²) >= 11 is 0. The van der Waals surface area contributed by atoms with Crippen molar-refractivity contribution in [1.29, 1.82) is 0 Å². The average molecular weight is 229 g/mol. The summed E-state index contributed by atoms with van der Waals surface area (Å²) < 4.78 is 2.25. The van der Waals surface area contributed by atoms with E-state index in [1.165, 1.54) is 5.69 Å². The molecule has 1 atom stereocenters. The van der Waals surface area contributed by atoms with Gasteiger partial charge < -0.3 is 9.88 Å². The SMILES string of the molecule is CCn1cccc1CN[C@@H](C)c1ccccn1. The van der Waals surface area contributed by atoms with Crippen LogP contribution in [0.4, 0.5) is 0 Å². The van der Waals surface area contributed by atoms with Gasteiger partial charge in [0.1, 0.15) is 0 Å². The van der Waals surface area contributed by atoms with E-state index in [9.17, 15) is 0 Å². The maximum Gasteiger partial charge on any atom is 0.0570 e. The number of nitrogens with zero attached hydrogens (tertiary/aromatic N) is 2. The molecular formula is C14H19N3. The molecule has 90 valence electrons. The summed E-state index contributed by atoms with van der Waals surface area (Å²) in [5.74, 6) is 0. The molecule has 2 rings (SSSR count). The Hall–Kier alpha value is -1.61. The van der Waals surface area contributed by atoms with Crippen LogP contribution in [0.25, 0.3) is 0 Å². The normalized spacial score (nSPS) is 12.6. The molecule has 0 bridgehead atoms. The quantitative estimate of drug-likeness (QED) is 0.854. The van der Waals surface area contributed by atoms with Crippen molar-refractivity contribution in [1.82, 2.24) is 14.9 Å². The van der Waals surface area contributed by atoms with Crippen molar-refractivity contribution < 1.29 is 0 Å². The van der Waals surface area contributed by atoms with Gasteiger partial charge in [-0.2, -0.15) is 0 Å². The van der Waals surface area contributed by atoms with Crippen molar-refractivity contribution in [3.63, 3.8) is 0 Å². The van der Waals surface area contributed by atoms with Gasteiger partial charge in [-0.05, 0) is 38.1 Å². The van der Waals surface area contributed by atoms with Gasteiger partial charge in [0.25, 0.3) is 0 Å². The van der Waals surface area contributed by atoms with Crippen LogP contribution in [-0.2, 0) is 13.1 Å². The highest BCUT2D eigenvalue weighted by molar-refractivity contribution is 5.10. The lowest BCUT2D eigenvalue weighted by atomic mass is 10.2. The predicted molar refractivity (Wildman–Crippen MR) is 69.6 cm³/mol. The monoisotopic (exact) mass is 229 g/mol. The summed E-state index contributed by atoms with van der Waals surface area (Å²) in [5.41, 5.74) is 2.40. The molecule has 0 saturated heterocycles. The maximum absolute atomic E-state index is 4.35. The van der Waals surface area contributed by atoms with Crippen LogP contribution in [-0.4, -0.2) is 9.55 Å². The van der Waals surface area contributed by atoms with Crippen LogP contribution in [0.15, 0.2) is 42.7 Å². The molecular weight excluding hydrogens is 210 g/mol. The van der Waals surface area contributed by atoms with E-state index in [0.717, 1.165) is 18.8 Å². The van der Waals surface area contributed by atoms with E-state index in [1.54, 1.807) is 0 Å². The van der Waals surface area contributed by atoms with Crippen molar-refractivity contribution >= 4 is 0 Å². The Kier molecular flexibility index (Phi) is 3.94. The zero-order valence-electron chi connectivity index (χ0n) is 10.4. The first-order valence-corrected chi connectivity index (χ1v) is 6.09. The van der Waals surface area contributed by atoms with E-state index in [1.807, 2.05) is 18.3 Å². The molecule has 1 N–H and O–H groups in total. The largest absolute Gasteiger partial charge is 0.351 e. The molecule has 2 aromatic heterocycles. The van der Waals surface area contributed by atoms with Crippen LogP contribution in [0.3, 0.4) is 0 Å². The number of nitrogens with one attached hydrogen (secondary N) is 1. The standard InChI is InChI=1S/C14H19N3/c1-3-17-10-6-7-13(17)11-16-12(2)14-8-4-5-9-15-14/h4-10,12,16H,3,11H2,1-2H3/t12-/m0/s1. The molecule has 0 aliphatic heterocycles. The number of rotatable bonds is 5. The lowest BCUT2D eigenvalue weighted by Gasteiger charge is -2.14. The third-order valence-corrected chi connectivity index (χ3v) is 2.99. The van der Waals surface area contributed by atoms with Gasteiger partial charge in [-0.3, -0.25) is 4.98 Å². The van der Waals surface area contributed by atoms with Crippen LogP contribution < -0.4 is 5.32 Å². The summed E-state index contributed by atoms with van der Waals surface area (Å²) in [6, 6.07) is 10.5. The molecule has 0 aliphatic carbocycles. The van der Waals surface area contributed by atoms with Crippen molar-refractivity contribution in [2.45, 2.75) is 33.0 Å². The average Bonchev–Trinajstić information content (AvgIpc) is 2.84. The zero-order chi connectivity index (χ0) is 12.1. The molecule has 0 spiro atoms. The first-order valence-electron chi connectivity index (χ1n) is 6.09. The van der Waals surface area contributed by atoms with Crippen LogP contribution in [0, 0.1) is 0 Å². The molecule has 0 aliphatic rings. The minimum absolute atomic E-state index is 0.274. The Morgan fingerprint density at radius 2 is 2.18 bits per heavy atom. The summed E-state index contributed by atoms with van der Waals surface area (Å²) in [5, 5.41) is 3.49. The molecule has 2 aromatic rings. The molecule has 17 heavy (non-hydrogen) atoms. The van der Waals surface area contributed by atoms with Crippen molar-refractivity contribution in [2.24, 2.45) is 0 Å². The lowest BCUT2D eigenvalue weighted by molar-refractivity contribution is 0.539. The third kappa shape index (κ3) is 2.94. The summed E-state index contributed by atoms with van der Waals surface area (Å²) in [6.07, 6.45) is 3.95. The fraction of sp³-hybridized carbons (Fsp3) is 0.357. The zero-order valence-corrected chi connectivity index (χ0v) is 10.4. The van der Waals surface area contributed by atoms with Crippen molar-refractivity contribution in [3.8, 4) is 0 Å². The summed E-state index contributed by atoms with van der Waals surface area (Å²) in [7, 11) is 0. The minimum atomic E-state index is 0.274. The maximum atomic E-state index is 4.35. The van der Waals surface area contributed by atoms with Gasteiger partial charge in [-0.15, -0.1) is 0 Å². The smallest absolute Gasteiger partial charge is 0.0570 e. The number of aryl methyl sites for hydroxylation is 1. The van der Waals surface area contributed by atoms with Gasteiger partial charge in [0.15, 0.2) is 0 Å². The molecule has 3 heteroatoms. The topological polar surface area (TPSA) is 29.9 Å². The summed E-state index contributed by atoms with van der Waals surface area (Å²) in [6.45, 7) is 6.19. The lowest BCUT2D eigenvalue weighted by Crippen LogP contribution is -2.20. The van der Waals surface area contributed by atoms with Crippen molar-refractivity contribution in [2.75, 3.05) is 0 Å². The molecule has 3 nitrogen and oxygen atoms in total. The van der Waals surface area contributed by atoms with Crippen LogP contribution >= 0.6 is 0 Å². The van der Waals surface area contributed by atoms with Crippen LogP contribution in [0.2, 0.25) is 0 Å². The Bertz CT molecular complexity index is 448. The van der Waals surface area contributed by atoms with Gasteiger partial charge in [-0.25, -0.2) is 0 Å². The number of pyridine rings is 1. The molecule has 0 unspecified atom stereocenters. The Morgan fingerprint density at radius 3 is 2.88 bits per heavy atom. The molecule has 0 saturated carbocycles. The van der Waals surface area contributed by atoms with Gasteiger partial charge >= 0.3 is 0 Å². The first kappa shape index (κ1) is 11.9. The second-order valence-corrected chi connectivity index (χ2v) is 4.14. The number of hydrogen-bond donors (Lipinski definition) is 1. The molecule has 2 heterocycles. The van der Waals surface area contributed by atoms with Gasteiger partial charge in [0.2, 0.25) is 0 Å². The fourth-order valence-electron chi connectivity index (χ4n) is 1.91. The van der Waals surface area contributed by atoms with Crippen molar-refractivity contribution in [3.05, 3.63) is 54.1 Å². The van der Waals surface area contributed by atoms with E-state index < -0.39 is 0 Å².